The molecule has 2 atom stereocenters. The van der Waals surface area contributed by atoms with Gasteiger partial charge in [0.1, 0.15) is 17.8 Å². The van der Waals surface area contributed by atoms with Crippen LogP contribution in [0, 0.1) is 0 Å². The smallest absolute Gasteiger partial charge is 0.325 e. The maximum absolute atomic E-state index is 12.4. The lowest BCUT2D eigenvalue weighted by Crippen LogP contribution is -2.48. The average molecular weight is 349 g/mol. The molecule has 1 aliphatic heterocycles. The van der Waals surface area contributed by atoms with Crippen molar-refractivity contribution in [1.29, 1.82) is 0 Å². The second kappa shape index (κ2) is 7.52. The minimum atomic E-state index is -1.15. The maximum Gasteiger partial charge on any atom is 0.325 e. The number of urea groups is 1. The third-order valence-electron chi connectivity index (χ3n) is 4.06. The van der Waals surface area contributed by atoms with Gasteiger partial charge in [-0.1, -0.05) is 18.2 Å². The highest BCUT2D eigenvalue weighted by molar-refractivity contribution is 6.08. The van der Waals surface area contributed by atoms with E-state index in [-0.39, 0.29) is 19.2 Å². The predicted octanol–water partition coefficient (Wildman–Crippen LogP) is 0.829. The van der Waals surface area contributed by atoms with E-state index in [1.807, 2.05) is 18.2 Å². The van der Waals surface area contributed by atoms with Crippen molar-refractivity contribution in [2.24, 2.45) is 0 Å². The number of hydrogen-bond acceptors (Lipinski definition) is 5. The third-order valence-corrected chi connectivity index (χ3v) is 4.06. The summed E-state index contributed by atoms with van der Waals surface area (Å²) < 4.78 is 10.2. The van der Waals surface area contributed by atoms with Crippen molar-refractivity contribution in [3.8, 4) is 5.75 Å². The first-order valence-corrected chi connectivity index (χ1v) is 7.87. The fourth-order valence-corrected chi connectivity index (χ4v) is 2.81. The number of methoxy groups -OCH3 is 2. The Labute approximate surface area is 146 Å². The molecule has 1 aromatic rings. The molecule has 0 spiro atoms. The van der Waals surface area contributed by atoms with Gasteiger partial charge in [0.15, 0.2) is 0 Å². The van der Waals surface area contributed by atoms with Crippen LogP contribution in [0.4, 0.5) is 4.79 Å². The molecule has 1 saturated heterocycles. The normalized spacial score (nSPS) is 21.0. The van der Waals surface area contributed by atoms with Gasteiger partial charge >= 0.3 is 6.03 Å². The van der Waals surface area contributed by atoms with Gasteiger partial charge in [0.05, 0.1) is 19.8 Å². The Kier molecular flexibility index (Phi) is 5.63. The second-order valence-corrected chi connectivity index (χ2v) is 6.12. The van der Waals surface area contributed by atoms with Crippen LogP contribution < -0.4 is 15.4 Å². The molecule has 1 heterocycles. The SMILES string of the molecule is COC[C@]1(C)NC(=O)N(CC(=O)N[C@H](C)c2ccccc2OC)C1=O. The van der Waals surface area contributed by atoms with Gasteiger partial charge in [0, 0.05) is 12.7 Å². The van der Waals surface area contributed by atoms with Crippen molar-refractivity contribution < 1.29 is 23.9 Å². The Balaban J connectivity index is 2.03. The minimum absolute atomic E-state index is 0.0350. The van der Waals surface area contributed by atoms with E-state index in [1.54, 1.807) is 27.0 Å². The summed E-state index contributed by atoms with van der Waals surface area (Å²) in [5, 5.41) is 5.33. The van der Waals surface area contributed by atoms with Gasteiger partial charge in [-0.2, -0.15) is 0 Å². The summed E-state index contributed by atoms with van der Waals surface area (Å²) in [7, 11) is 2.99. The Hall–Kier alpha value is -2.61. The van der Waals surface area contributed by atoms with Gasteiger partial charge < -0.3 is 20.1 Å². The fraction of sp³-hybridized carbons (Fsp3) is 0.471. The number of carbonyl (C=O) groups is 3. The van der Waals surface area contributed by atoms with E-state index in [9.17, 15) is 14.4 Å². The van der Waals surface area contributed by atoms with Gasteiger partial charge in [0.2, 0.25) is 5.91 Å². The molecule has 1 aromatic carbocycles. The summed E-state index contributed by atoms with van der Waals surface area (Å²) >= 11 is 0. The number of nitrogens with zero attached hydrogens (tertiary/aromatic N) is 1. The second-order valence-electron chi connectivity index (χ2n) is 6.12. The molecule has 0 bridgehead atoms. The number of imide groups is 1. The lowest BCUT2D eigenvalue weighted by Gasteiger charge is -2.21. The molecule has 0 aromatic heterocycles. The van der Waals surface area contributed by atoms with Crippen molar-refractivity contribution in [1.82, 2.24) is 15.5 Å². The standard InChI is InChI=1S/C17H23N3O5/c1-11(12-7-5-6-8-13(12)25-4)18-14(21)9-20-15(22)17(2,10-24-3)19-16(20)23/h5-8,11H,9-10H2,1-4H3,(H,18,21)(H,19,23)/t11-,17+/m1/s1. The van der Waals surface area contributed by atoms with Gasteiger partial charge in [-0.25, -0.2) is 4.79 Å². The number of benzene rings is 1. The molecule has 2 rings (SSSR count). The number of ether oxygens (including phenoxy) is 2. The van der Waals surface area contributed by atoms with Crippen molar-refractivity contribution in [2.45, 2.75) is 25.4 Å². The average Bonchev–Trinajstić information content (AvgIpc) is 2.78. The summed E-state index contributed by atoms with van der Waals surface area (Å²) in [5.74, 6) is -0.277. The van der Waals surface area contributed by atoms with E-state index in [0.29, 0.717) is 5.75 Å². The first-order valence-electron chi connectivity index (χ1n) is 7.87. The zero-order chi connectivity index (χ0) is 18.6. The molecule has 2 N–H and O–H groups in total. The quantitative estimate of drug-likeness (QED) is 0.711. The topological polar surface area (TPSA) is 97.0 Å². The number of hydrogen-bond donors (Lipinski definition) is 2. The van der Waals surface area contributed by atoms with Crippen LogP contribution in [-0.2, 0) is 14.3 Å². The molecule has 8 heteroatoms. The Bertz CT molecular complexity index is 678. The molecular formula is C17H23N3O5. The first-order chi connectivity index (χ1) is 11.8. The molecule has 4 amide bonds. The predicted molar refractivity (Wildman–Crippen MR) is 90.1 cm³/mol. The summed E-state index contributed by atoms with van der Waals surface area (Å²) in [4.78, 5) is 37.6. The van der Waals surface area contributed by atoms with Crippen LogP contribution in [0.25, 0.3) is 0 Å². The number of amides is 4. The van der Waals surface area contributed by atoms with Crippen molar-refractivity contribution in [2.75, 3.05) is 27.4 Å². The summed E-state index contributed by atoms with van der Waals surface area (Å²) in [6.07, 6.45) is 0. The highest BCUT2D eigenvalue weighted by Crippen LogP contribution is 2.24. The molecule has 136 valence electrons. The monoisotopic (exact) mass is 349 g/mol. The van der Waals surface area contributed by atoms with Crippen molar-refractivity contribution in [3.05, 3.63) is 29.8 Å². The summed E-state index contributed by atoms with van der Waals surface area (Å²) in [6, 6.07) is 6.37. The van der Waals surface area contributed by atoms with Crippen molar-refractivity contribution >= 4 is 17.8 Å². The maximum atomic E-state index is 12.4. The molecule has 1 fully saturated rings. The number of nitrogens with one attached hydrogen (secondary N) is 2. The highest BCUT2D eigenvalue weighted by atomic mass is 16.5. The molecule has 25 heavy (non-hydrogen) atoms. The largest absolute Gasteiger partial charge is 0.496 e. The van der Waals surface area contributed by atoms with Gasteiger partial charge in [0.25, 0.3) is 5.91 Å². The van der Waals surface area contributed by atoms with E-state index in [2.05, 4.69) is 10.6 Å². The van der Waals surface area contributed by atoms with Crippen molar-refractivity contribution in [3.63, 3.8) is 0 Å². The number of para-hydroxylation sites is 1. The van der Waals surface area contributed by atoms with E-state index < -0.39 is 23.4 Å². The zero-order valence-corrected chi connectivity index (χ0v) is 14.8. The molecule has 1 aliphatic rings. The molecule has 0 aliphatic carbocycles. The van der Waals surface area contributed by atoms with E-state index >= 15 is 0 Å². The molecule has 8 nitrogen and oxygen atoms in total. The van der Waals surface area contributed by atoms with Crippen LogP contribution in [0.15, 0.2) is 24.3 Å². The van der Waals surface area contributed by atoms with Crippen LogP contribution in [0.5, 0.6) is 5.75 Å². The Morgan fingerprint density at radius 3 is 2.64 bits per heavy atom. The first kappa shape index (κ1) is 18.7. The van der Waals surface area contributed by atoms with Crippen LogP contribution in [0.1, 0.15) is 25.5 Å². The van der Waals surface area contributed by atoms with E-state index in [4.69, 9.17) is 9.47 Å². The summed E-state index contributed by atoms with van der Waals surface area (Å²) in [6.45, 7) is 3.04. The lowest BCUT2D eigenvalue weighted by molar-refractivity contribution is -0.136. The summed E-state index contributed by atoms with van der Waals surface area (Å²) in [5.41, 5.74) is -0.347. The van der Waals surface area contributed by atoms with Gasteiger partial charge in [-0.15, -0.1) is 0 Å². The number of carbonyl (C=O) groups excluding carboxylic acids is 3. The van der Waals surface area contributed by atoms with E-state index in [1.165, 1.54) is 7.11 Å². The minimum Gasteiger partial charge on any atom is -0.496 e. The Morgan fingerprint density at radius 2 is 2.00 bits per heavy atom. The molecule has 0 saturated carbocycles. The molecule has 0 radical (unpaired) electrons. The number of rotatable bonds is 7. The third kappa shape index (κ3) is 3.90. The van der Waals surface area contributed by atoms with Gasteiger partial charge in [-0.3, -0.25) is 14.5 Å². The fourth-order valence-electron chi connectivity index (χ4n) is 2.81. The zero-order valence-electron chi connectivity index (χ0n) is 14.8. The van der Waals surface area contributed by atoms with E-state index in [0.717, 1.165) is 10.5 Å². The molecule has 0 unspecified atom stereocenters. The van der Waals surface area contributed by atoms with Crippen LogP contribution in [0.3, 0.4) is 0 Å². The van der Waals surface area contributed by atoms with Crippen LogP contribution in [0.2, 0.25) is 0 Å². The molecular weight excluding hydrogens is 326 g/mol. The van der Waals surface area contributed by atoms with Crippen LogP contribution in [-0.4, -0.2) is 55.7 Å². The van der Waals surface area contributed by atoms with Crippen LogP contribution >= 0.6 is 0 Å². The lowest BCUT2D eigenvalue weighted by atomic mass is 10.0. The van der Waals surface area contributed by atoms with Gasteiger partial charge in [-0.05, 0) is 19.9 Å². The highest BCUT2D eigenvalue weighted by Gasteiger charge is 2.48. The Morgan fingerprint density at radius 1 is 1.32 bits per heavy atom.